The number of hydrogen-bond donors (Lipinski definition) is 2. The number of alkyl halides is 2. The van der Waals surface area contributed by atoms with E-state index in [0.29, 0.717) is 5.69 Å². The van der Waals surface area contributed by atoms with Crippen LogP contribution in [0.5, 0.6) is 0 Å². The molecule has 12 heteroatoms. The summed E-state index contributed by atoms with van der Waals surface area (Å²) in [5.74, 6) is -3.58. The van der Waals surface area contributed by atoms with Crippen molar-refractivity contribution in [2.75, 3.05) is 11.4 Å². The zero-order valence-corrected chi connectivity index (χ0v) is 23.6. The topological polar surface area (TPSA) is 127 Å². The molecule has 2 N–H and O–H groups in total. The molecule has 2 saturated carbocycles. The van der Waals surface area contributed by atoms with Crippen LogP contribution in [0.4, 0.5) is 14.5 Å². The predicted octanol–water partition coefficient (Wildman–Crippen LogP) is 3.60. The monoisotopic (exact) mass is 569 g/mol. The highest BCUT2D eigenvalue weighted by Crippen LogP contribution is 2.40. The molecule has 3 aliphatic rings. The highest BCUT2D eigenvalue weighted by atomic mass is 19.3. The van der Waals surface area contributed by atoms with Crippen LogP contribution in [0.2, 0.25) is 0 Å². The molecule has 2 aromatic rings. The Bertz CT molecular complexity index is 1300. The fourth-order valence-corrected chi connectivity index (χ4v) is 5.74. The molecular formula is C29H37F2N7O3. The van der Waals surface area contributed by atoms with Gasteiger partial charge >= 0.3 is 0 Å². The lowest BCUT2D eigenvalue weighted by Gasteiger charge is -2.35. The number of carbonyl (C=O) groups is 2. The Balaban J connectivity index is 1.57. The Morgan fingerprint density at radius 2 is 1.83 bits per heavy atom. The van der Waals surface area contributed by atoms with Crippen molar-refractivity contribution in [2.24, 2.45) is 0 Å². The first-order chi connectivity index (χ1) is 19.4. The molecule has 10 nitrogen and oxygen atoms in total. The molecule has 1 aromatic heterocycles. The number of rotatable bonds is 7. The van der Waals surface area contributed by atoms with Gasteiger partial charge in [0.1, 0.15) is 12.4 Å². The first-order valence-electron chi connectivity index (χ1n) is 14.2. The molecule has 220 valence electrons. The summed E-state index contributed by atoms with van der Waals surface area (Å²) in [7, 11) is 0. The first kappa shape index (κ1) is 28.9. The molecule has 2 heterocycles. The Hall–Kier alpha value is -3.59. The van der Waals surface area contributed by atoms with Gasteiger partial charge in [0, 0.05) is 37.0 Å². The zero-order chi connectivity index (χ0) is 29.5. The van der Waals surface area contributed by atoms with Gasteiger partial charge in [-0.2, -0.15) is 5.26 Å². The zero-order valence-electron chi connectivity index (χ0n) is 23.6. The number of carbonyl (C=O) groups excluding carboxylic acids is 2. The minimum absolute atomic E-state index is 0.00904. The minimum Gasteiger partial charge on any atom is -0.391 e. The number of amides is 2. The second-order valence-electron chi connectivity index (χ2n) is 12.5. The van der Waals surface area contributed by atoms with E-state index >= 15 is 0 Å². The van der Waals surface area contributed by atoms with Gasteiger partial charge in [-0.25, -0.2) is 8.78 Å². The Morgan fingerprint density at radius 3 is 2.41 bits per heavy atom. The molecule has 0 radical (unpaired) electrons. The van der Waals surface area contributed by atoms with Crippen LogP contribution in [0, 0.1) is 11.5 Å². The molecule has 1 aliphatic heterocycles. The fraction of sp³-hybridized carbons (Fsp3) is 0.621. The third kappa shape index (κ3) is 6.20. The van der Waals surface area contributed by atoms with Gasteiger partial charge < -0.3 is 15.0 Å². The fourth-order valence-electron chi connectivity index (χ4n) is 5.74. The molecule has 5 rings (SSSR count). The SMILES string of the molecule is CC(C)(C)c1ccc(N(C(=O)[C@H]2C[C@@H](O)CN2C#N)C(C(=O)NC2CCC(F)(F)CC2)c2nncn2C2CC2)cc1. The third-order valence-corrected chi connectivity index (χ3v) is 8.30. The van der Waals surface area contributed by atoms with E-state index in [1.807, 2.05) is 18.3 Å². The average molecular weight is 570 g/mol. The van der Waals surface area contributed by atoms with E-state index in [0.717, 1.165) is 18.4 Å². The van der Waals surface area contributed by atoms with E-state index in [2.05, 4.69) is 36.3 Å². The number of nitrogens with one attached hydrogen (secondary N) is 1. The summed E-state index contributed by atoms with van der Waals surface area (Å²) >= 11 is 0. The molecule has 0 bridgehead atoms. The quantitative estimate of drug-likeness (QED) is 0.488. The maximum atomic E-state index is 14.3. The summed E-state index contributed by atoms with van der Waals surface area (Å²) in [4.78, 5) is 31.1. The van der Waals surface area contributed by atoms with Gasteiger partial charge in [-0.3, -0.25) is 19.4 Å². The number of likely N-dealkylation sites (tertiary alicyclic amines) is 1. The molecular weight excluding hydrogens is 532 g/mol. The molecule has 2 amide bonds. The van der Waals surface area contributed by atoms with E-state index in [1.165, 1.54) is 9.80 Å². The van der Waals surface area contributed by atoms with Crippen molar-refractivity contribution in [1.29, 1.82) is 5.26 Å². The Labute approximate surface area is 238 Å². The van der Waals surface area contributed by atoms with Crippen LogP contribution in [0.15, 0.2) is 30.6 Å². The van der Waals surface area contributed by atoms with E-state index in [-0.39, 0.29) is 55.9 Å². The maximum absolute atomic E-state index is 14.3. The Kier molecular flexibility index (Phi) is 7.76. The predicted molar refractivity (Wildman–Crippen MR) is 146 cm³/mol. The lowest BCUT2D eigenvalue weighted by molar-refractivity contribution is -0.129. The second-order valence-corrected chi connectivity index (χ2v) is 12.5. The number of hydrogen-bond acceptors (Lipinski definition) is 7. The minimum atomic E-state index is -2.76. The van der Waals surface area contributed by atoms with Gasteiger partial charge in [0.25, 0.3) is 11.8 Å². The highest BCUT2D eigenvalue weighted by molar-refractivity contribution is 6.03. The molecule has 1 unspecified atom stereocenters. The molecule has 0 spiro atoms. The number of β-amino-alcohol motifs (C(OH)–C–C–N with tert-alkyl or cyclic N) is 1. The molecule has 41 heavy (non-hydrogen) atoms. The summed E-state index contributed by atoms with van der Waals surface area (Å²) in [6.45, 7) is 6.21. The van der Waals surface area contributed by atoms with Crippen LogP contribution in [0.1, 0.15) is 89.2 Å². The van der Waals surface area contributed by atoms with Crippen LogP contribution in [-0.4, -0.2) is 67.2 Å². The van der Waals surface area contributed by atoms with Crippen molar-refractivity contribution in [3.63, 3.8) is 0 Å². The second kappa shape index (κ2) is 11.0. The molecule has 3 fully saturated rings. The van der Waals surface area contributed by atoms with Crippen molar-refractivity contribution >= 4 is 17.5 Å². The van der Waals surface area contributed by atoms with Crippen LogP contribution in [0.25, 0.3) is 0 Å². The smallest absolute Gasteiger partial charge is 0.251 e. The number of halogens is 2. The van der Waals surface area contributed by atoms with Gasteiger partial charge in [0.2, 0.25) is 5.92 Å². The van der Waals surface area contributed by atoms with Gasteiger partial charge in [-0.15, -0.1) is 10.2 Å². The summed E-state index contributed by atoms with van der Waals surface area (Å²) in [6.07, 6.45) is 4.04. The van der Waals surface area contributed by atoms with Crippen LogP contribution < -0.4 is 10.2 Å². The number of aromatic nitrogens is 3. The van der Waals surface area contributed by atoms with E-state index in [1.54, 1.807) is 23.0 Å². The maximum Gasteiger partial charge on any atom is 0.251 e. The van der Waals surface area contributed by atoms with Crippen molar-refractivity contribution < 1.29 is 23.5 Å². The van der Waals surface area contributed by atoms with Crippen LogP contribution >= 0.6 is 0 Å². The van der Waals surface area contributed by atoms with Gasteiger partial charge in [-0.05, 0) is 48.8 Å². The van der Waals surface area contributed by atoms with E-state index < -0.39 is 42.0 Å². The summed E-state index contributed by atoms with van der Waals surface area (Å²) in [5.41, 5.74) is 1.28. The van der Waals surface area contributed by atoms with Crippen molar-refractivity contribution in [3.05, 3.63) is 42.0 Å². The molecule has 3 atom stereocenters. The van der Waals surface area contributed by atoms with E-state index in [4.69, 9.17) is 0 Å². The number of anilines is 1. The van der Waals surface area contributed by atoms with Gasteiger partial charge in [0.15, 0.2) is 18.1 Å². The number of nitriles is 1. The van der Waals surface area contributed by atoms with Crippen molar-refractivity contribution in [1.82, 2.24) is 25.0 Å². The summed E-state index contributed by atoms with van der Waals surface area (Å²) in [5, 5.41) is 31.3. The van der Waals surface area contributed by atoms with Gasteiger partial charge in [0.05, 0.1) is 12.6 Å². The number of aliphatic hydroxyl groups excluding tert-OH is 1. The normalized spacial score (nSPS) is 23.6. The third-order valence-electron chi connectivity index (χ3n) is 8.30. The number of nitrogens with zero attached hydrogens (tertiary/aromatic N) is 6. The van der Waals surface area contributed by atoms with Gasteiger partial charge in [-0.1, -0.05) is 32.9 Å². The molecule has 1 saturated heterocycles. The number of benzene rings is 1. The van der Waals surface area contributed by atoms with Crippen molar-refractivity contribution in [3.8, 4) is 6.19 Å². The Morgan fingerprint density at radius 1 is 1.17 bits per heavy atom. The molecule has 2 aliphatic carbocycles. The number of aliphatic hydroxyl groups is 1. The van der Waals surface area contributed by atoms with E-state index in [9.17, 15) is 28.7 Å². The summed E-state index contributed by atoms with van der Waals surface area (Å²) < 4.78 is 29.5. The molecule has 1 aromatic carbocycles. The lowest BCUT2D eigenvalue weighted by atomic mass is 9.87. The van der Waals surface area contributed by atoms with Crippen molar-refractivity contribution in [2.45, 2.75) is 107 Å². The largest absolute Gasteiger partial charge is 0.391 e. The van der Waals surface area contributed by atoms with Crippen LogP contribution in [0.3, 0.4) is 0 Å². The first-order valence-corrected chi connectivity index (χ1v) is 14.2. The lowest BCUT2D eigenvalue weighted by Crippen LogP contribution is -2.52. The average Bonchev–Trinajstić information content (AvgIpc) is 3.52. The standard InChI is InChI=1S/C29H37F2N7O3/c1-28(2,3)18-4-6-21(7-5-18)38(27(41)23-14-22(39)15-36(23)16-32)24(25-35-33-17-37(25)20-8-9-20)26(40)34-19-10-12-29(30,31)13-11-19/h4-7,17,19-20,22-24,39H,8-15H2,1-3H3,(H,34,40)/t22-,23-,24?/m1/s1. The highest BCUT2D eigenvalue weighted by Gasteiger charge is 2.46. The summed E-state index contributed by atoms with van der Waals surface area (Å²) in [6, 6.07) is 4.67. The van der Waals surface area contributed by atoms with Crippen LogP contribution in [-0.2, 0) is 15.0 Å².